The molecule has 1 heterocycles. The van der Waals surface area contributed by atoms with Crippen LogP contribution in [0.15, 0.2) is 22.8 Å². The molecule has 1 aromatic rings. The number of carbonyl (C=O) groups excluding carboxylic acids is 1. The van der Waals surface area contributed by atoms with E-state index in [-0.39, 0.29) is 24.1 Å². The second-order valence-electron chi connectivity index (χ2n) is 4.54. The fourth-order valence-corrected chi connectivity index (χ4v) is 2.40. The van der Waals surface area contributed by atoms with Gasteiger partial charge in [0.15, 0.2) is 0 Å². The molecule has 1 rings (SSSR count). The van der Waals surface area contributed by atoms with Crippen LogP contribution in [0.1, 0.15) is 26.5 Å². The number of hydrogen-bond donors (Lipinski definition) is 2. The third kappa shape index (κ3) is 5.04. The van der Waals surface area contributed by atoms with E-state index >= 15 is 0 Å². The molecule has 6 nitrogen and oxygen atoms in total. The molecular formula is C12H20N2O4S. The van der Waals surface area contributed by atoms with Crippen molar-refractivity contribution in [2.24, 2.45) is 5.92 Å². The van der Waals surface area contributed by atoms with Crippen LogP contribution in [0, 0.1) is 5.92 Å². The van der Waals surface area contributed by atoms with Crippen LogP contribution in [0.25, 0.3) is 0 Å². The van der Waals surface area contributed by atoms with Crippen molar-refractivity contribution in [3.63, 3.8) is 0 Å². The summed E-state index contributed by atoms with van der Waals surface area (Å²) in [5.41, 5.74) is 0. The van der Waals surface area contributed by atoms with E-state index in [2.05, 4.69) is 10.0 Å². The maximum absolute atomic E-state index is 12.0. The number of hydrogen-bond acceptors (Lipinski definition) is 4. The first-order valence-corrected chi connectivity index (χ1v) is 7.81. The minimum atomic E-state index is -3.42. The summed E-state index contributed by atoms with van der Waals surface area (Å²) in [6.07, 6.45) is 1.52. The highest BCUT2D eigenvalue weighted by atomic mass is 32.2. The van der Waals surface area contributed by atoms with Crippen molar-refractivity contribution < 1.29 is 17.6 Å². The van der Waals surface area contributed by atoms with Crippen LogP contribution < -0.4 is 10.0 Å². The van der Waals surface area contributed by atoms with E-state index in [9.17, 15) is 13.2 Å². The Morgan fingerprint density at radius 1 is 1.42 bits per heavy atom. The normalized spacial score (nSPS) is 13.5. The van der Waals surface area contributed by atoms with Gasteiger partial charge in [-0.25, -0.2) is 13.1 Å². The summed E-state index contributed by atoms with van der Waals surface area (Å²) in [4.78, 5) is 12.0. The molecule has 1 atom stereocenters. The van der Waals surface area contributed by atoms with Crippen molar-refractivity contribution in [2.45, 2.75) is 33.4 Å². The summed E-state index contributed by atoms with van der Waals surface area (Å²) in [5, 5.41) is 2.65. The second-order valence-corrected chi connectivity index (χ2v) is 6.58. The Morgan fingerprint density at radius 2 is 2.11 bits per heavy atom. The van der Waals surface area contributed by atoms with Gasteiger partial charge in [0.2, 0.25) is 15.9 Å². The average Bonchev–Trinajstić information content (AvgIpc) is 2.86. The standard InChI is InChI=1S/C12H20N2O4S/c1-4-19(16,17)14-11(9(2)3)12(15)13-8-10-6-5-7-18-10/h5-7,9,11,14H,4,8H2,1-3H3,(H,13,15)/t11-/m0/s1. The van der Waals surface area contributed by atoms with Crippen LogP contribution in [-0.4, -0.2) is 26.1 Å². The van der Waals surface area contributed by atoms with Gasteiger partial charge in [-0.15, -0.1) is 0 Å². The van der Waals surface area contributed by atoms with E-state index in [0.717, 1.165) is 0 Å². The molecule has 1 aromatic heterocycles. The summed E-state index contributed by atoms with van der Waals surface area (Å²) in [7, 11) is -3.42. The summed E-state index contributed by atoms with van der Waals surface area (Å²) in [5.74, 6) is 0.0670. The highest BCUT2D eigenvalue weighted by Gasteiger charge is 2.26. The van der Waals surface area contributed by atoms with Crippen LogP contribution >= 0.6 is 0 Å². The zero-order valence-electron chi connectivity index (χ0n) is 11.3. The number of furan rings is 1. The van der Waals surface area contributed by atoms with Crippen molar-refractivity contribution in [1.29, 1.82) is 0 Å². The molecule has 0 spiro atoms. The molecular weight excluding hydrogens is 268 g/mol. The quantitative estimate of drug-likeness (QED) is 0.779. The molecule has 0 aliphatic heterocycles. The van der Waals surface area contributed by atoms with Gasteiger partial charge in [-0.3, -0.25) is 4.79 Å². The molecule has 0 aliphatic rings. The van der Waals surface area contributed by atoms with Crippen molar-refractivity contribution in [2.75, 3.05) is 5.75 Å². The fraction of sp³-hybridized carbons (Fsp3) is 0.583. The smallest absolute Gasteiger partial charge is 0.238 e. The van der Waals surface area contributed by atoms with Gasteiger partial charge in [-0.05, 0) is 25.0 Å². The minimum Gasteiger partial charge on any atom is -0.467 e. The number of nitrogens with one attached hydrogen (secondary N) is 2. The molecule has 19 heavy (non-hydrogen) atoms. The van der Waals surface area contributed by atoms with Crippen molar-refractivity contribution in [3.05, 3.63) is 24.2 Å². The number of sulfonamides is 1. The van der Waals surface area contributed by atoms with Gasteiger partial charge in [0.25, 0.3) is 0 Å². The number of amides is 1. The molecule has 0 fully saturated rings. The Bertz CT molecular complexity index is 494. The molecule has 0 saturated carbocycles. The zero-order valence-corrected chi connectivity index (χ0v) is 12.2. The maximum atomic E-state index is 12.0. The fourth-order valence-electron chi connectivity index (χ4n) is 1.47. The van der Waals surface area contributed by atoms with Crippen LogP contribution in [0.3, 0.4) is 0 Å². The summed E-state index contributed by atoms with van der Waals surface area (Å²) in [6.45, 7) is 5.34. The van der Waals surface area contributed by atoms with Crippen LogP contribution in [0.4, 0.5) is 0 Å². The van der Waals surface area contributed by atoms with E-state index in [1.807, 2.05) is 0 Å². The van der Waals surface area contributed by atoms with E-state index in [0.29, 0.717) is 5.76 Å². The molecule has 0 aliphatic carbocycles. The first-order chi connectivity index (χ1) is 8.85. The Labute approximate surface area is 113 Å². The third-order valence-corrected chi connectivity index (χ3v) is 4.03. The van der Waals surface area contributed by atoms with Gasteiger partial charge in [0, 0.05) is 0 Å². The first kappa shape index (κ1) is 15.7. The monoisotopic (exact) mass is 288 g/mol. The highest BCUT2D eigenvalue weighted by molar-refractivity contribution is 7.89. The lowest BCUT2D eigenvalue weighted by molar-refractivity contribution is -0.123. The predicted octanol–water partition coefficient (Wildman–Crippen LogP) is 0.860. The van der Waals surface area contributed by atoms with Crippen LogP contribution in [-0.2, 0) is 21.4 Å². The summed E-state index contributed by atoms with van der Waals surface area (Å²) >= 11 is 0. The van der Waals surface area contributed by atoms with Gasteiger partial charge < -0.3 is 9.73 Å². The predicted molar refractivity (Wildman–Crippen MR) is 71.8 cm³/mol. The Kier molecular flexibility index (Phi) is 5.56. The lowest BCUT2D eigenvalue weighted by Gasteiger charge is -2.20. The first-order valence-electron chi connectivity index (χ1n) is 6.16. The van der Waals surface area contributed by atoms with Crippen molar-refractivity contribution >= 4 is 15.9 Å². The van der Waals surface area contributed by atoms with Gasteiger partial charge in [-0.1, -0.05) is 13.8 Å². The summed E-state index contributed by atoms with van der Waals surface area (Å²) < 4.78 is 30.6. The number of rotatable bonds is 7. The average molecular weight is 288 g/mol. The maximum Gasteiger partial charge on any atom is 0.238 e. The lowest BCUT2D eigenvalue weighted by Crippen LogP contribution is -2.49. The van der Waals surface area contributed by atoms with E-state index in [4.69, 9.17) is 4.42 Å². The Morgan fingerprint density at radius 3 is 2.58 bits per heavy atom. The molecule has 0 saturated heterocycles. The lowest BCUT2D eigenvalue weighted by atomic mass is 10.1. The molecule has 1 amide bonds. The Hall–Kier alpha value is -1.34. The molecule has 108 valence electrons. The highest BCUT2D eigenvalue weighted by Crippen LogP contribution is 2.05. The second kappa shape index (κ2) is 6.72. The number of carbonyl (C=O) groups is 1. The third-order valence-electron chi connectivity index (χ3n) is 2.65. The van der Waals surface area contributed by atoms with Crippen molar-refractivity contribution in [3.8, 4) is 0 Å². The van der Waals surface area contributed by atoms with E-state index < -0.39 is 16.1 Å². The molecule has 0 aromatic carbocycles. The van der Waals surface area contributed by atoms with Gasteiger partial charge >= 0.3 is 0 Å². The van der Waals surface area contributed by atoms with E-state index in [1.165, 1.54) is 13.2 Å². The van der Waals surface area contributed by atoms with Crippen molar-refractivity contribution in [1.82, 2.24) is 10.0 Å². The van der Waals surface area contributed by atoms with Crippen LogP contribution in [0.5, 0.6) is 0 Å². The van der Waals surface area contributed by atoms with E-state index in [1.54, 1.807) is 26.0 Å². The van der Waals surface area contributed by atoms with Gasteiger partial charge in [0.1, 0.15) is 11.8 Å². The molecule has 0 radical (unpaired) electrons. The van der Waals surface area contributed by atoms with Gasteiger partial charge in [0.05, 0.1) is 18.6 Å². The Balaban J connectivity index is 2.63. The van der Waals surface area contributed by atoms with Crippen LogP contribution in [0.2, 0.25) is 0 Å². The van der Waals surface area contributed by atoms with Gasteiger partial charge in [-0.2, -0.15) is 0 Å². The molecule has 0 bridgehead atoms. The minimum absolute atomic E-state index is 0.0539. The molecule has 0 unspecified atom stereocenters. The SMILES string of the molecule is CCS(=O)(=O)N[C@H](C(=O)NCc1ccco1)C(C)C. The largest absolute Gasteiger partial charge is 0.467 e. The molecule has 7 heteroatoms. The summed E-state index contributed by atoms with van der Waals surface area (Å²) in [6, 6.07) is 2.68. The zero-order chi connectivity index (χ0) is 14.5. The topological polar surface area (TPSA) is 88.4 Å². The molecule has 2 N–H and O–H groups in total.